The predicted molar refractivity (Wildman–Crippen MR) is 124 cm³/mol. The average Bonchev–Trinajstić information content (AvgIpc) is 3.07. The minimum absolute atomic E-state index is 0.00749. The molecule has 0 N–H and O–H groups in total. The van der Waals surface area contributed by atoms with E-state index in [1.165, 1.54) is 0 Å². The summed E-state index contributed by atoms with van der Waals surface area (Å²) in [7, 11) is 0. The number of halogens is 2. The van der Waals surface area contributed by atoms with Gasteiger partial charge in [0.05, 0.1) is 15.7 Å². The largest absolute Gasteiger partial charge is 0.344 e. The summed E-state index contributed by atoms with van der Waals surface area (Å²) < 4.78 is 0. The van der Waals surface area contributed by atoms with E-state index >= 15 is 0 Å². The van der Waals surface area contributed by atoms with E-state index in [0.717, 1.165) is 60.3 Å². The molecule has 0 amide bonds. The first-order valence-corrected chi connectivity index (χ1v) is 11.7. The Labute approximate surface area is 192 Å². The highest BCUT2D eigenvalue weighted by molar-refractivity contribution is 6.42. The molecular formula is C26H23Cl2NO2. The summed E-state index contributed by atoms with van der Waals surface area (Å²) in [4.78, 5) is 29.2. The van der Waals surface area contributed by atoms with Crippen molar-refractivity contribution in [2.24, 2.45) is 0 Å². The summed E-state index contributed by atoms with van der Waals surface area (Å²) in [6, 6.07) is 13.3. The molecule has 0 bridgehead atoms. The van der Waals surface area contributed by atoms with Gasteiger partial charge in [0.1, 0.15) is 0 Å². The number of hydrogen-bond acceptors (Lipinski definition) is 3. The Morgan fingerprint density at radius 1 is 0.968 bits per heavy atom. The van der Waals surface area contributed by atoms with E-state index in [1.54, 1.807) is 6.07 Å². The van der Waals surface area contributed by atoms with Gasteiger partial charge in [0.25, 0.3) is 0 Å². The molecule has 3 nitrogen and oxygen atoms in total. The monoisotopic (exact) mass is 451 g/mol. The molecule has 0 unspecified atom stereocenters. The third-order valence-electron chi connectivity index (χ3n) is 6.54. The van der Waals surface area contributed by atoms with E-state index < -0.39 is 5.92 Å². The zero-order chi connectivity index (χ0) is 21.7. The molecule has 158 valence electrons. The molecule has 0 radical (unpaired) electrons. The number of benzene rings is 2. The van der Waals surface area contributed by atoms with Gasteiger partial charge in [-0.2, -0.15) is 0 Å². The topological polar surface area (TPSA) is 37.4 Å². The molecule has 0 spiro atoms. The van der Waals surface area contributed by atoms with Crippen LogP contribution in [-0.4, -0.2) is 23.0 Å². The van der Waals surface area contributed by atoms with Crippen LogP contribution in [0.5, 0.6) is 0 Å². The van der Waals surface area contributed by atoms with Crippen LogP contribution in [0, 0.1) is 0 Å². The van der Waals surface area contributed by atoms with Crippen molar-refractivity contribution in [2.45, 2.75) is 44.9 Å². The van der Waals surface area contributed by atoms with Gasteiger partial charge in [-0.25, -0.2) is 0 Å². The van der Waals surface area contributed by atoms with Crippen LogP contribution in [-0.2, 0) is 4.79 Å². The van der Waals surface area contributed by atoms with Gasteiger partial charge >= 0.3 is 0 Å². The van der Waals surface area contributed by atoms with Crippen LogP contribution in [0.25, 0.3) is 5.70 Å². The van der Waals surface area contributed by atoms with E-state index in [0.29, 0.717) is 27.6 Å². The van der Waals surface area contributed by atoms with Crippen LogP contribution < -0.4 is 0 Å². The summed E-state index contributed by atoms with van der Waals surface area (Å²) in [6.45, 7) is 2.96. The van der Waals surface area contributed by atoms with Gasteiger partial charge in [0.15, 0.2) is 11.6 Å². The van der Waals surface area contributed by atoms with Gasteiger partial charge < -0.3 is 4.90 Å². The Kier molecular flexibility index (Phi) is 5.27. The molecule has 5 rings (SSSR count). The second-order valence-corrected chi connectivity index (χ2v) is 9.20. The number of carbonyl (C=O) groups is 2. The van der Waals surface area contributed by atoms with Crippen molar-refractivity contribution in [2.75, 3.05) is 6.54 Å². The minimum Gasteiger partial charge on any atom is -0.344 e. The molecule has 3 aliphatic rings. The number of fused-ring (bicyclic) bond motifs is 2. The minimum atomic E-state index is -0.412. The summed E-state index contributed by atoms with van der Waals surface area (Å²) in [5, 5.41) is 0.897. The maximum Gasteiger partial charge on any atom is 0.192 e. The first-order chi connectivity index (χ1) is 15.0. The summed E-state index contributed by atoms with van der Waals surface area (Å²) >= 11 is 12.5. The Hall–Kier alpha value is -2.36. The van der Waals surface area contributed by atoms with Gasteiger partial charge in [-0.15, -0.1) is 0 Å². The summed E-state index contributed by atoms with van der Waals surface area (Å²) in [6.07, 6.45) is 4.24. The van der Waals surface area contributed by atoms with Crippen LogP contribution >= 0.6 is 23.2 Å². The number of hydrogen-bond donors (Lipinski definition) is 0. The standard InChI is InChI=1S/C26H23Cl2NO2/c1-2-3-13-29-20-9-6-10-21(30)23(20)22(15-11-12-18(27)19(28)14-15)24-25(29)16-7-4-5-8-17(16)26(24)31/h4-5,7-8,11-12,14,22H,2-3,6,9-10,13H2,1H3/t22-/m0/s1. The second-order valence-electron chi connectivity index (χ2n) is 8.39. The molecule has 2 aromatic carbocycles. The van der Waals surface area contributed by atoms with Crippen molar-refractivity contribution in [1.82, 2.24) is 4.90 Å². The fourth-order valence-corrected chi connectivity index (χ4v) is 5.47. The van der Waals surface area contributed by atoms with Crippen LogP contribution in [0.3, 0.4) is 0 Å². The lowest BCUT2D eigenvalue weighted by molar-refractivity contribution is -0.116. The molecule has 31 heavy (non-hydrogen) atoms. The lowest BCUT2D eigenvalue weighted by atomic mass is 9.74. The maximum atomic E-state index is 13.7. The lowest BCUT2D eigenvalue weighted by Crippen LogP contribution is -2.35. The lowest BCUT2D eigenvalue weighted by Gasteiger charge is -2.41. The third-order valence-corrected chi connectivity index (χ3v) is 7.28. The van der Waals surface area contributed by atoms with Gasteiger partial charge in [-0.3, -0.25) is 9.59 Å². The molecule has 5 heteroatoms. The van der Waals surface area contributed by atoms with Crippen LogP contribution in [0.1, 0.15) is 66.4 Å². The van der Waals surface area contributed by atoms with Crippen molar-refractivity contribution in [3.05, 3.63) is 86.0 Å². The van der Waals surface area contributed by atoms with Crippen LogP contribution in [0.2, 0.25) is 10.0 Å². The van der Waals surface area contributed by atoms with Gasteiger partial charge in [-0.05, 0) is 37.0 Å². The zero-order valence-electron chi connectivity index (χ0n) is 17.4. The molecule has 1 heterocycles. The number of carbonyl (C=O) groups excluding carboxylic acids is 2. The second kappa shape index (κ2) is 7.96. The number of rotatable bonds is 4. The highest BCUT2D eigenvalue weighted by Gasteiger charge is 2.46. The van der Waals surface area contributed by atoms with E-state index in [9.17, 15) is 9.59 Å². The first kappa shape index (κ1) is 20.5. The molecule has 0 saturated carbocycles. The molecule has 2 aromatic rings. The zero-order valence-corrected chi connectivity index (χ0v) is 18.9. The Bertz CT molecular complexity index is 1180. The number of Topliss-reactive ketones (excluding diaryl/α,β-unsaturated/α-hetero) is 2. The SMILES string of the molecule is CCCCN1C2=C(C(=O)CCC2)[C@H](c2ccc(Cl)c(Cl)c2)C2=C1c1ccccc1C2=O. The number of nitrogens with zero attached hydrogens (tertiary/aromatic N) is 1. The quantitative estimate of drug-likeness (QED) is 0.512. The van der Waals surface area contributed by atoms with Crippen molar-refractivity contribution >= 4 is 40.5 Å². The van der Waals surface area contributed by atoms with Gasteiger partial charge in [-0.1, -0.05) is 66.9 Å². The highest BCUT2D eigenvalue weighted by atomic mass is 35.5. The van der Waals surface area contributed by atoms with Crippen LogP contribution in [0.4, 0.5) is 0 Å². The molecule has 0 aromatic heterocycles. The Balaban J connectivity index is 1.79. The molecular weight excluding hydrogens is 429 g/mol. The average molecular weight is 452 g/mol. The molecule has 1 aliphatic heterocycles. The molecule has 0 saturated heterocycles. The van der Waals surface area contributed by atoms with E-state index in [1.807, 2.05) is 36.4 Å². The number of allylic oxidation sites excluding steroid dienone is 3. The highest BCUT2D eigenvalue weighted by Crippen LogP contribution is 2.53. The van der Waals surface area contributed by atoms with Gasteiger partial charge in [0.2, 0.25) is 0 Å². The van der Waals surface area contributed by atoms with Crippen molar-refractivity contribution in [3.63, 3.8) is 0 Å². The summed E-state index contributed by atoms with van der Waals surface area (Å²) in [5.41, 5.74) is 6.04. The maximum absolute atomic E-state index is 13.7. The molecule has 0 fully saturated rings. The van der Waals surface area contributed by atoms with E-state index in [-0.39, 0.29) is 11.6 Å². The van der Waals surface area contributed by atoms with Crippen molar-refractivity contribution in [3.8, 4) is 0 Å². The first-order valence-electron chi connectivity index (χ1n) is 10.9. The fraction of sp³-hybridized carbons (Fsp3) is 0.308. The van der Waals surface area contributed by atoms with E-state index in [4.69, 9.17) is 23.2 Å². The molecule has 1 atom stereocenters. The van der Waals surface area contributed by atoms with Crippen molar-refractivity contribution < 1.29 is 9.59 Å². The fourth-order valence-electron chi connectivity index (χ4n) is 5.17. The van der Waals surface area contributed by atoms with Gasteiger partial charge in [0, 0.05) is 46.9 Å². The predicted octanol–water partition coefficient (Wildman–Crippen LogP) is 6.81. The van der Waals surface area contributed by atoms with Crippen molar-refractivity contribution in [1.29, 1.82) is 0 Å². The molecule has 2 aliphatic carbocycles. The number of unbranched alkanes of at least 4 members (excludes halogenated alkanes) is 1. The Morgan fingerprint density at radius 3 is 2.48 bits per heavy atom. The third kappa shape index (κ3) is 3.18. The smallest absolute Gasteiger partial charge is 0.192 e. The van der Waals surface area contributed by atoms with E-state index in [2.05, 4.69) is 11.8 Å². The normalized spacial score (nSPS) is 20.2. The summed E-state index contributed by atoms with van der Waals surface area (Å²) in [5.74, 6) is -0.271. The Morgan fingerprint density at radius 2 is 1.74 bits per heavy atom. The number of ketones is 2. The van der Waals surface area contributed by atoms with Crippen LogP contribution in [0.15, 0.2) is 59.3 Å².